The largest absolute Gasteiger partial charge is 0.361 e. The molecule has 0 radical (unpaired) electrons. The fourth-order valence-electron chi connectivity index (χ4n) is 4.28. The Hall–Kier alpha value is -3.74. The molecule has 4 aromatic rings. The van der Waals surface area contributed by atoms with Crippen LogP contribution in [0.2, 0.25) is 0 Å². The number of rotatable bonds is 9. The van der Waals surface area contributed by atoms with Crippen molar-refractivity contribution in [2.24, 2.45) is 0 Å². The number of para-hydroxylation sites is 1. The molecule has 0 atom stereocenters. The van der Waals surface area contributed by atoms with Crippen LogP contribution in [-0.2, 0) is 17.6 Å². The Balaban J connectivity index is 1.16. The molecule has 1 amide bonds. The van der Waals surface area contributed by atoms with E-state index in [0.29, 0.717) is 42.5 Å². The van der Waals surface area contributed by atoms with E-state index in [1.165, 1.54) is 0 Å². The van der Waals surface area contributed by atoms with Crippen molar-refractivity contribution in [3.05, 3.63) is 82.6 Å². The Morgan fingerprint density at radius 1 is 1.09 bits per heavy atom. The predicted octanol–water partition coefficient (Wildman–Crippen LogP) is 4.41. The molecule has 2 aromatic carbocycles. The summed E-state index contributed by atoms with van der Waals surface area (Å²) in [6, 6.07) is 19.5. The van der Waals surface area contributed by atoms with Crippen molar-refractivity contribution < 1.29 is 9.32 Å². The standard InChI is InChI=1S/C27H28N4O3/c1-30(17-7-10-21-18-24(29-34-21)19-8-3-2-4-9-19)26(32)16-15-25-28-23-12-6-5-11-22(23)27(33)31(25)20-13-14-20/h2-6,8-9,11-12,18,20H,7,10,13-17H2,1H3. The lowest BCUT2D eigenvalue weighted by Crippen LogP contribution is -2.30. The first-order valence-electron chi connectivity index (χ1n) is 11.9. The third kappa shape index (κ3) is 4.78. The van der Waals surface area contributed by atoms with Crippen molar-refractivity contribution in [2.75, 3.05) is 13.6 Å². The first kappa shape index (κ1) is 22.1. The Kier molecular flexibility index (Phi) is 6.25. The number of aromatic nitrogens is 3. The summed E-state index contributed by atoms with van der Waals surface area (Å²) in [6.45, 7) is 0.626. The first-order chi connectivity index (χ1) is 16.6. The zero-order chi connectivity index (χ0) is 23.5. The quantitative estimate of drug-likeness (QED) is 0.373. The van der Waals surface area contributed by atoms with E-state index in [-0.39, 0.29) is 17.5 Å². The molecule has 1 aliphatic carbocycles. The molecule has 2 aromatic heterocycles. The molecule has 7 heteroatoms. The van der Waals surface area contributed by atoms with Gasteiger partial charge in [0.1, 0.15) is 17.3 Å². The highest BCUT2D eigenvalue weighted by Gasteiger charge is 2.28. The topological polar surface area (TPSA) is 81.2 Å². The summed E-state index contributed by atoms with van der Waals surface area (Å²) in [5, 5.41) is 4.79. The van der Waals surface area contributed by atoms with Crippen molar-refractivity contribution in [1.29, 1.82) is 0 Å². The Bertz CT molecular complexity index is 1360. The number of fused-ring (bicyclic) bond motifs is 1. The number of amides is 1. The molecule has 0 unspecified atom stereocenters. The molecule has 1 aliphatic rings. The molecule has 2 heterocycles. The number of hydrogen-bond acceptors (Lipinski definition) is 5. The molecule has 7 nitrogen and oxygen atoms in total. The number of carbonyl (C=O) groups is 1. The average Bonchev–Trinajstić information content (AvgIpc) is 3.59. The second kappa shape index (κ2) is 9.63. The van der Waals surface area contributed by atoms with E-state index in [2.05, 4.69) is 5.16 Å². The third-order valence-electron chi connectivity index (χ3n) is 6.33. The van der Waals surface area contributed by atoms with Crippen LogP contribution in [0.5, 0.6) is 0 Å². The van der Waals surface area contributed by atoms with Gasteiger partial charge in [0.05, 0.1) is 10.9 Å². The third-order valence-corrected chi connectivity index (χ3v) is 6.33. The summed E-state index contributed by atoms with van der Waals surface area (Å²) < 4.78 is 7.27. The normalized spacial score (nSPS) is 13.3. The van der Waals surface area contributed by atoms with Gasteiger partial charge in [0.15, 0.2) is 0 Å². The number of aryl methyl sites for hydroxylation is 2. The van der Waals surface area contributed by atoms with Gasteiger partial charge < -0.3 is 9.42 Å². The van der Waals surface area contributed by atoms with Crippen molar-refractivity contribution in [3.8, 4) is 11.3 Å². The van der Waals surface area contributed by atoms with Gasteiger partial charge in [-0.1, -0.05) is 47.6 Å². The second-order valence-electron chi connectivity index (χ2n) is 8.91. The van der Waals surface area contributed by atoms with Crippen LogP contribution in [0, 0.1) is 0 Å². The maximum Gasteiger partial charge on any atom is 0.261 e. The van der Waals surface area contributed by atoms with Gasteiger partial charge in [-0.15, -0.1) is 0 Å². The number of nitrogens with zero attached hydrogens (tertiary/aromatic N) is 4. The summed E-state index contributed by atoms with van der Waals surface area (Å²) in [6.07, 6.45) is 4.27. The van der Waals surface area contributed by atoms with Gasteiger partial charge in [0.2, 0.25) is 5.91 Å². The van der Waals surface area contributed by atoms with Gasteiger partial charge in [-0.25, -0.2) is 4.98 Å². The van der Waals surface area contributed by atoms with Gasteiger partial charge in [0.25, 0.3) is 5.56 Å². The van der Waals surface area contributed by atoms with Crippen molar-refractivity contribution >= 4 is 16.8 Å². The minimum atomic E-state index is 0.00540. The van der Waals surface area contributed by atoms with Gasteiger partial charge in [-0.05, 0) is 31.4 Å². The lowest BCUT2D eigenvalue weighted by atomic mass is 10.1. The average molecular weight is 457 g/mol. The van der Waals surface area contributed by atoms with Crippen molar-refractivity contribution in [3.63, 3.8) is 0 Å². The molecular formula is C27H28N4O3. The van der Waals surface area contributed by atoms with Gasteiger partial charge >= 0.3 is 0 Å². The molecule has 1 saturated carbocycles. The fraction of sp³-hybridized carbons (Fsp3) is 0.333. The van der Waals surface area contributed by atoms with Gasteiger partial charge in [-0.2, -0.15) is 0 Å². The molecule has 0 aliphatic heterocycles. The molecule has 1 fully saturated rings. The first-order valence-corrected chi connectivity index (χ1v) is 11.9. The van der Waals surface area contributed by atoms with Crippen LogP contribution in [-0.4, -0.2) is 39.1 Å². The summed E-state index contributed by atoms with van der Waals surface area (Å²) >= 11 is 0. The van der Waals surface area contributed by atoms with Crippen molar-refractivity contribution in [2.45, 2.75) is 44.6 Å². The SMILES string of the molecule is CN(CCCc1cc(-c2ccccc2)no1)C(=O)CCc1nc2ccccc2c(=O)n1C1CC1. The lowest BCUT2D eigenvalue weighted by Gasteiger charge is -2.18. The smallest absolute Gasteiger partial charge is 0.261 e. The number of benzene rings is 2. The zero-order valence-electron chi connectivity index (χ0n) is 19.3. The Labute approximate surface area is 198 Å². The molecule has 0 saturated heterocycles. The molecule has 0 N–H and O–H groups in total. The van der Waals surface area contributed by atoms with Gasteiger partial charge in [0, 0.05) is 50.5 Å². The summed E-state index contributed by atoms with van der Waals surface area (Å²) in [4.78, 5) is 32.2. The maximum atomic E-state index is 13.0. The molecule has 5 rings (SSSR count). The monoisotopic (exact) mass is 456 g/mol. The maximum absolute atomic E-state index is 13.0. The zero-order valence-corrected chi connectivity index (χ0v) is 19.3. The lowest BCUT2D eigenvalue weighted by molar-refractivity contribution is -0.129. The minimum absolute atomic E-state index is 0.00540. The Morgan fingerprint density at radius 2 is 1.85 bits per heavy atom. The predicted molar refractivity (Wildman–Crippen MR) is 130 cm³/mol. The van der Waals surface area contributed by atoms with E-state index in [9.17, 15) is 9.59 Å². The fourth-order valence-corrected chi connectivity index (χ4v) is 4.28. The summed E-state index contributed by atoms with van der Waals surface area (Å²) in [5.74, 6) is 1.57. The van der Waals surface area contributed by atoms with E-state index in [4.69, 9.17) is 9.51 Å². The molecule has 0 spiro atoms. The van der Waals surface area contributed by atoms with Crippen LogP contribution in [0.25, 0.3) is 22.2 Å². The highest BCUT2D eigenvalue weighted by Crippen LogP contribution is 2.35. The summed E-state index contributed by atoms with van der Waals surface area (Å²) in [7, 11) is 1.82. The molecule has 34 heavy (non-hydrogen) atoms. The van der Waals surface area contributed by atoms with E-state index in [1.807, 2.05) is 72.3 Å². The van der Waals surface area contributed by atoms with Crippen LogP contribution in [0.4, 0.5) is 0 Å². The van der Waals surface area contributed by atoms with Crippen LogP contribution in [0.3, 0.4) is 0 Å². The van der Waals surface area contributed by atoms with Crippen LogP contribution >= 0.6 is 0 Å². The molecule has 174 valence electrons. The Morgan fingerprint density at radius 3 is 2.65 bits per heavy atom. The second-order valence-corrected chi connectivity index (χ2v) is 8.91. The van der Waals surface area contributed by atoms with Crippen LogP contribution in [0.1, 0.15) is 43.3 Å². The van der Waals surface area contributed by atoms with E-state index < -0.39 is 0 Å². The highest BCUT2D eigenvalue weighted by atomic mass is 16.5. The minimum Gasteiger partial charge on any atom is -0.361 e. The number of hydrogen-bond donors (Lipinski definition) is 0. The van der Waals surface area contributed by atoms with Crippen LogP contribution < -0.4 is 5.56 Å². The van der Waals surface area contributed by atoms with E-state index in [1.54, 1.807) is 4.90 Å². The van der Waals surface area contributed by atoms with Gasteiger partial charge in [-0.3, -0.25) is 14.2 Å². The summed E-state index contributed by atoms with van der Waals surface area (Å²) in [5.41, 5.74) is 2.55. The van der Waals surface area contributed by atoms with E-state index in [0.717, 1.165) is 36.3 Å². The highest BCUT2D eigenvalue weighted by molar-refractivity contribution is 5.78. The molecule has 0 bridgehead atoms. The van der Waals surface area contributed by atoms with Crippen LogP contribution in [0.15, 0.2) is 70.0 Å². The molecular weight excluding hydrogens is 428 g/mol. The van der Waals surface area contributed by atoms with E-state index >= 15 is 0 Å². The number of carbonyl (C=O) groups excluding carboxylic acids is 1. The van der Waals surface area contributed by atoms with Crippen molar-refractivity contribution in [1.82, 2.24) is 19.6 Å².